The van der Waals surface area contributed by atoms with Crippen LogP contribution in [0.25, 0.3) is 0 Å². The molecule has 1 heterocycles. The Morgan fingerprint density at radius 3 is 2.44 bits per heavy atom. The Bertz CT molecular complexity index is 412. The summed E-state index contributed by atoms with van der Waals surface area (Å²) in [4.78, 5) is 8.86. The van der Waals surface area contributed by atoms with E-state index in [1.807, 2.05) is 13.8 Å². The molecule has 5 nitrogen and oxygen atoms in total. The van der Waals surface area contributed by atoms with Crippen molar-refractivity contribution in [3.8, 4) is 0 Å². The van der Waals surface area contributed by atoms with Crippen LogP contribution in [0, 0.1) is 12.8 Å². The maximum atomic E-state index is 9.02. The zero-order valence-electron chi connectivity index (χ0n) is 11.9. The van der Waals surface area contributed by atoms with E-state index in [1.165, 1.54) is 0 Å². The first-order chi connectivity index (χ1) is 8.25. The lowest BCUT2D eigenvalue weighted by molar-refractivity contribution is 0.244. The lowest BCUT2D eigenvalue weighted by Crippen LogP contribution is -2.21. The number of aliphatic hydroxyl groups is 1. The Morgan fingerprint density at radius 1 is 1.33 bits per heavy atom. The Balaban J connectivity index is 3.00. The number of nitrogens with two attached hydrogens (primary N) is 1. The van der Waals surface area contributed by atoms with Crippen molar-refractivity contribution in [1.82, 2.24) is 9.97 Å². The van der Waals surface area contributed by atoms with E-state index in [1.54, 1.807) is 0 Å². The fraction of sp³-hybridized carbons (Fsp3) is 0.692. The lowest BCUT2D eigenvalue weighted by atomic mass is 9.95. The Hall–Kier alpha value is -1.36. The SMILES string of the molecule is Cc1c(N)nc(C(C)(C)C)nc1NCC(C)CO. The van der Waals surface area contributed by atoms with Gasteiger partial charge in [0.1, 0.15) is 17.5 Å². The molecule has 1 rings (SSSR count). The van der Waals surface area contributed by atoms with Gasteiger partial charge >= 0.3 is 0 Å². The van der Waals surface area contributed by atoms with E-state index >= 15 is 0 Å². The van der Waals surface area contributed by atoms with Gasteiger partial charge in [0.2, 0.25) is 0 Å². The molecule has 0 aromatic carbocycles. The maximum absolute atomic E-state index is 9.02. The van der Waals surface area contributed by atoms with Crippen LogP contribution in [0.2, 0.25) is 0 Å². The zero-order valence-corrected chi connectivity index (χ0v) is 11.9. The number of aromatic nitrogens is 2. The highest BCUT2D eigenvalue weighted by Crippen LogP contribution is 2.24. The summed E-state index contributed by atoms with van der Waals surface area (Å²) in [7, 11) is 0. The van der Waals surface area contributed by atoms with Crippen LogP contribution >= 0.6 is 0 Å². The van der Waals surface area contributed by atoms with Crippen molar-refractivity contribution in [1.29, 1.82) is 0 Å². The van der Waals surface area contributed by atoms with Gasteiger partial charge in [-0.25, -0.2) is 9.97 Å². The van der Waals surface area contributed by atoms with Gasteiger partial charge in [-0.05, 0) is 12.8 Å². The summed E-state index contributed by atoms with van der Waals surface area (Å²) in [5, 5.41) is 12.2. The number of aliphatic hydroxyl groups excluding tert-OH is 1. The van der Waals surface area contributed by atoms with E-state index in [2.05, 4.69) is 36.1 Å². The number of hydrogen-bond donors (Lipinski definition) is 3. The molecular weight excluding hydrogens is 228 g/mol. The third-order valence-corrected chi connectivity index (χ3v) is 2.78. The summed E-state index contributed by atoms with van der Waals surface area (Å²) in [5.74, 6) is 2.17. The molecular formula is C13H24N4O. The van der Waals surface area contributed by atoms with Crippen molar-refractivity contribution in [2.75, 3.05) is 24.2 Å². The molecule has 102 valence electrons. The van der Waals surface area contributed by atoms with E-state index in [0.717, 1.165) is 17.2 Å². The molecule has 0 spiro atoms. The van der Waals surface area contributed by atoms with Gasteiger partial charge in [0.05, 0.1) is 0 Å². The molecule has 0 aliphatic carbocycles. The van der Waals surface area contributed by atoms with Crippen LogP contribution in [0.5, 0.6) is 0 Å². The monoisotopic (exact) mass is 252 g/mol. The highest BCUT2D eigenvalue weighted by atomic mass is 16.3. The fourth-order valence-electron chi connectivity index (χ4n) is 1.38. The van der Waals surface area contributed by atoms with Crippen LogP contribution in [0.1, 0.15) is 39.1 Å². The van der Waals surface area contributed by atoms with Gasteiger partial charge in [-0.3, -0.25) is 0 Å². The zero-order chi connectivity index (χ0) is 13.9. The first-order valence-electron chi connectivity index (χ1n) is 6.25. The van der Waals surface area contributed by atoms with Crippen molar-refractivity contribution >= 4 is 11.6 Å². The predicted molar refractivity (Wildman–Crippen MR) is 74.6 cm³/mol. The summed E-state index contributed by atoms with van der Waals surface area (Å²) < 4.78 is 0. The molecule has 1 aromatic heterocycles. The Morgan fingerprint density at radius 2 is 1.94 bits per heavy atom. The average Bonchev–Trinajstić information content (AvgIpc) is 2.28. The first kappa shape index (κ1) is 14.7. The summed E-state index contributed by atoms with van der Waals surface area (Å²) in [5.41, 5.74) is 6.63. The molecule has 0 bridgehead atoms. The maximum Gasteiger partial charge on any atom is 0.138 e. The summed E-state index contributed by atoms with van der Waals surface area (Å²) in [6.07, 6.45) is 0. The molecule has 0 fully saturated rings. The van der Waals surface area contributed by atoms with Gasteiger partial charge in [0, 0.05) is 24.1 Å². The first-order valence-corrected chi connectivity index (χ1v) is 6.25. The molecule has 0 saturated carbocycles. The molecule has 5 heteroatoms. The normalized spacial score (nSPS) is 13.4. The number of anilines is 2. The number of nitrogens with one attached hydrogen (secondary N) is 1. The van der Waals surface area contributed by atoms with Crippen LogP contribution in [0.4, 0.5) is 11.6 Å². The predicted octanol–water partition coefficient (Wildman–Crippen LogP) is 1.71. The number of rotatable bonds is 4. The third-order valence-electron chi connectivity index (χ3n) is 2.78. The van der Waals surface area contributed by atoms with Crippen molar-refractivity contribution in [3.63, 3.8) is 0 Å². The summed E-state index contributed by atoms with van der Waals surface area (Å²) in [6, 6.07) is 0. The van der Waals surface area contributed by atoms with Crippen molar-refractivity contribution in [3.05, 3.63) is 11.4 Å². The molecule has 0 saturated heterocycles. The summed E-state index contributed by atoms with van der Waals surface area (Å²) >= 11 is 0. The number of nitrogens with zero attached hydrogens (tertiary/aromatic N) is 2. The second kappa shape index (κ2) is 5.52. The quantitative estimate of drug-likeness (QED) is 0.759. The van der Waals surface area contributed by atoms with Crippen molar-refractivity contribution < 1.29 is 5.11 Å². The molecule has 1 atom stereocenters. The second-order valence-corrected chi connectivity index (χ2v) is 5.82. The van der Waals surface area contributed by atoms with Gasteiger partial charge in [0.15, 0.2) is 0 Å². The van der Waals surface area contributed by atoms with Crippen molar-refractivity contribution in [2.45, 2.75) is 40.0 Å². The topological polar surface area (TPSA) is 84.1 Å². The molecule has 0 aliphatic rings. The molecule has 0 amide bonds. The smallest absolute Gasteiger partial charge is 0.138 e. The van der Waals surface area contributed by atoms with Gasteiger partial charge in [-0.2, -0.15) is 0 Å². The number of nitrogen functional groups attached to an aromatic ring is 1. The van der Waals surface area contributed by atoms with Gasteiger partial charge in [-0.15, -0.1) is 0 Å². The average molecular weight is 252 g/mol. The van der Waals surface area contributed by atoms with Gasteiger partial charge in [0.25, 0.3) is 0 Å². The summed E-state index contributed by atoms with van der Waals surface area (Å²) in [6.45, 7) is 10.8. The second-order valence-electron chi connectivity index (χ2n) is 5.82. The van der Waals surface area contributed by atoms with Gasteiger partial charge < -0.3 is 16.2 Å². The molecule has 0 radical (unpaired) electrons. The fourth-order valence-corrected chi connectivity index (χ4v) is 1.38. The molecule has 1 unspecified atom stereocenters. The molecule has 18 heavy (non-hydrogen) atoms. The highest BCUT2D eigenvalue weighted by molar-refractivity contribution is 5.55. The minimum atomic E-state index is -0.138. The van der Waals surface area contributed by atoms with Crippen LogP contribution in [0.15, 0.2) is 0 Å². The van der Waals surface area contributed by atoms with E-state index in [-0.39, 0.29) is 17.9 Å². The molecule has 4 N–H and O–H groups in total. The minimum absolute atomic E-state index is 0.138. The Labute approximate surface area is 109 Å². The van der Waals surface area contributed by atoms with Crippen LogP contribution in [0.3, 0.4) is 0 Å². The van der Waals surface area contributed by atoms with E-state index in [0.29, 0.717) is 12.4 Å². The van der Waals surface area contributed by atoms with E-state index in [4.69, 9.17) is 10.8 Å². The van der Waals surface area contributed by atoms with Crippen LogP contribution in [-0.4, -0.2) is 28.2 Å². The molecule has 1 aromatic rings. The highest BCUT2D eigenvalue weighted by Gasteiger charge is 2.20. The largest absolute Gasteiger partial charge is 0.396 e. The van der Waals surface area contributed by atoms with Crippen LogP contribution < -0.4 is 11.1 Å². The standard InChI is InChI=1S/C13H24N4O/c1-8(7-18)6-15-11-9(2)10(14)16-12(17-11)13(3,4)5/h8,18H,6-7H2,1-5H3,(H3,14,15,16,17). The minimum Gasteiger partial charge on any atom is -0.396 e. The Kier molecular flexibility index (Phi) is 4.51. The van der Waals surface area contributed by atoms with Gasteiger partial charge in [-0.1, -0.05) is 27.7 Å². The molecule has 0 aliphatic heterocycles. The van der Waals surface area contributed by atoms with Crippen molar-refractivity contribution in [2.24, 2.45) is 5.92 Å². The van der Waals surface area contributed by atoms with E-state index < -0.39 is 0 Å². The number of hydrogen-bond acceptors (Lipinski definition) is 5. The van der Waals surface area contributed by atoms with E-state index in [9.17, 15) is 0 Å². The third kappa shape index (κ3) is 3.57. The lowest BCUT2D eigenvalue weighted by Gasteiger charge is -2.20. The van der Waals surface area contributed by atoms with Crippen LogP contribution in [-0.2, 0) is 5.41 Å².